The minimum Gasteiger partial charge on any atom is -0.508 e. The van der Waals surface area contributed by atoms with Gasteiger partial charge < -0.3 is 78.3 Å². The van der Waals surface area contributed by atoms with Gasteiger partial charge >= 0.3 is 12.2 Å². The molecule has 0 radical (unpaired) electrons. The lowest BCUT2D eigenvalue weighted by atomic mass is 9.84. The predicted octanol–water partition coefficient (Wildman–Crippen LogP) is 6.87. The number of hydrogen-bond acceptors (Lipinski definition) is 17. The molecule has 0 unspecified atom stereocenters. The van der Waals surface area contributed by atoms with E-state index in [1.54, 1.807) is 96.3 Å². The second-order valence-electron chi connectivity index (χ2n) is 27.4. The van der Waals surface area contributed by atoms with Crippen LogP contribution in [0, 0.1) is 0 Å². The fraction of sp³-hybridized carbons (Fsp3) is 0.377. The number of aromatic nitrogens is 1. The van der Waals surface area contributed by atoms with E-state index in [1.807, 2.05) is 97.1 Å². The highest BCUT2D eigenvalue weighted by atomic mass is 33.1. The van der Waals surface area contributed by atoms with Crippen LogP contribution in [0.3, 0.4) is 0 Å². The zero-order valence-corrected chi connectivity index (χ0v) is 62.1. The van der Waals surface area contributed by atoms with Crippen molar-refractivity contribution >= 4 is 104 Å². The third-order valence-electron chi connectivity index (χ3n) is 16.8. The number of alkyl carbamates (subject to hydrolysis) is 2. The first-order valence-electron chi connectivity index (χ1n) is 34.5. The molecule has 25 nitrogen and oxygen atoms in total. The van der Waals surface area contributed by atoms with Crippen LogP contribution in [0.25, 0.3) is 10.9 Å². The van der Waals surface area contributed by atoms with Gasteiger partial charge in [-0.25, -0.2) is 9.59 Å². The number of fused-ring (bicyclic) bond motifs is 1. The SMILES string of the molecule is C[C@@H](O)[C@@H]1NC(=O)[C@H](CCCCNC(=O)OC(C)(C)C)NC(=O)[C@@H](Cc2c[nH]c3ccccc23)NC(=O)[C@H](Cc2ccc(O)cc2)NC(=O)[C@@H](NC(=O)[C@@H](Cc2ccccc2)NC(=O)OC(C)(C)C)CSSC[C@@H](C(=O)N[C@@H](CSC(c2ccccc2)(c2ccccc2)c2ccccc2)C(N)=O)NC1=O. The Hall–Kier alpha value is -10.0. The number of amides is 10. The van der Waals surface area contributed by atoms with E-state index in [9.17, 15) is 39.0 Å². The summed E-state index contributed by atoms with van der Waals surface area (Å²) in [5.74, 6) is -8.43. The van der Waals surface area contributed by atoms with Crippen molar-refractivity contribution in [3.8, 4) is 5.75 Å². The molecule has 6 aromatic carbocycles. The average molecular weight is 1490 g/mol. The van der Waals surface area contributed by atoms with Gasteiger partial charge in [-0.1, -0.05) is 173 Å². The summed E-state index contributed by atoms with van der Waals surface area (Å²) in [6, 6.07) is 38.1. The summed E-state index contributed by atoms with van der Waals surface area (Å²) < 4.78 is 9.99. The summed E-state index contributed by atoms with van der Waals surface area (Å²) in [5, 5.41) is 47.1. The molecule has 1 aliphatic heterocycles. The van der Waals surface area contributed by atoms with Crippen molar-refractivity contribution in [3.05, 3.63) is 209 Å². The van der Waals surface area contributed by atoms with E-state index in [0.717, 1.165) is 38.3 Å². The number of aromatic hydroxyl groups is 1. The first kappa shape index (κ1) is 80.7. The summed E-state index contributed by atoms with van der Waals surface area (Å²) in [7, 11) is 1.89. The van der Waals surface area contributed by atoms with Gasteiger partial charge in [-0.2, -0.15) is 0 Å². The summed E-state index contributed by atoms with van der Waals surface area (Å²) in [4.78, 5) is 149. The molecule has 1 saturated heterocycles. The van der Waals surface area contributed by atoms with Gasteiger partial charge in [0.1, 0.15) is 65.3 Å². The maximum absolute atomic E-state index is 15.4. The van der Waals surface area contributed by atoms with Gasteiger partial charge in [0.15, 0.2) is 0 Å². The molecule has 105 heavy (non-hydrogen) atoms. The van der Waals surface area contributed by atoms with Crippen LogP contribution in [0.2, 0.25) is 0 Å². The minimum atomic E-state index is -1.83. The molecule has 7 aromatic rings. The van der Waals surface area contributed by atoms with Crippen LogP contribution in [0.5, 0.6) is 5.75 Å². The first-order chi connectivity index (χ1) is 50.0. The number of phenols is 1. The predicted molar refractivity (Wildman–Crippen MR) is 406 cm³/mol. The molecule has 1 fully saturated rings. The van der Waals surface area contributed by atoms with Crippen LogP contribution in [-0.4, -0.2) is 164 Å². The van der Waals surface area contributed by atoms with E-state index in [4.69, 9.17) is 15.2 Å². The number of hydrogen-bond donors (Lipinski definition) is 13. The van der Waals surface area contributed by atoms with E-state index in [-0.39, 0.29) is 68.1 Å². The number of ether oxygens (including phenoxy) is 2. The number of primary amides is 1. The van der Waals surface area contributed by atoms with E-state index in [2.05, 4.69) is 52.8 Å². The van der Waals surface area contributed by atoms with Gasteiger partial charge in [-0.05, 0) is 119 Å². The number of unbranched alkanes of at least 4 members (excludes halogenated alkanes) is 1. The van der Waals surface area contributed by atoms with Crippen molar-refractivity contribution in [1.82, 2.24) is 52.8 Å². The summed E-state index contributed by atoms with van der Waals surface area (Å²) in [6.45, 7) is 11.4. The Morgan fingerprint density at radius 1 is 0.581 bits per heavy atom. The molecule has 10 amide bonds. The number of thioether (sulfide) groups is 1. The number of H-pyrrole nitrogens is 1. The summed E-state index contributed by atoms with van der Waals surface area (Å²) in [6.07, 6.45) is -1.95. The van der Waals surface area contributed by atoms with Crippen molar-refractivity contribution in [2.24, 2.45) is 5.73 Å². The molecule has 558 valence electrons. The molecule has 0 spiro atoms. The Morgan fingerprint density at radius 3 is 1.69 bits per heavy atom. The number of carbonyl (C=O) groups is 10. The molecule has 0 bridgehead atoms. The maximum atomic E-state index is 15.4. The third kappa shape index (κ3) is 24.3. The van der Waals surface area contributed by atoms with E-state index in [0.29, 0.717) is 27.6 Å². The second kappa shape index (κ2) is 38.1. The summed E-state index contributed by atoms with van der Waals surface area (Å²) in [5.41, 5.74) is 9.25. The smallest absolute Gasteiger partial charge is 0.408 e. The van der Waals surface area contributed by atoms with E-state index in [1.165, 1.54) is 43.0 Å². The number of carbonyl (C=O) groups excluding carboxylic acids is 10. The topological polar surface area (TPSA) is 380 Å². The van der Waals surface area contributed by atoms with Crippen molar-refractivity contribution in [3.63, 3.8) is 0 Å². The van der Waals surface area contributed by atoms with Gasteiger partial charge in [0, 0.05) is 60.2 Å². The maximum Gasteiger partial charge on any atom is 0.408 e. The molecule has 9 atom stereocenters. The highest BCUT2D eigenvalue weighted by Crippen LogP contribution is 2.48. The number of benzene rings is 6. The molecule has 0 saturated carbocycles. The number of phenolic OH excluding ortho intramolecular Hbond substituents is 1. The van der Waals surface area contributed by atoms with Crippen LogP contribution in [0.15, 0.2) is 176 Å². The second-order valence-corrected chi connectivity index (χ2v) is 31.2. The van der Waals surface area contributed by atoms with Gasteiger partial charge in [-0.15, -0.1) is 11.8 Å². The van der Waals surface area contributed by atoms with Gasteiger partial charge in [0.25, 0.3) is 0 Å². The number of aromatic amines is 1. The molecular weight excluding hydrogens is 1400 g/mol. The highest BCUT2D eigenvalue weighted by Gasteiger charge is 2.41. The van der Waals surface area contributed by atoms with Crippen LogP contribution in [0.4, 0.5) is 9.59 Å². The first-order valence-corrected chi connectivity index (χ1v) is 38.0. The Kier molecular flexibility index (Phi) is 29.3. The zero-order chi connectivity index (χ0) is 75.8. The Balaban J connectivity index is 1.19. The van der Waals surface area contributed by atoms with Crippen LogP contribution in [-0.2, 0) is 71.8 Å². The number of para-hydroxylation sites is 1. The lowest BCUT2D eigenvalue weighted by molar-refractivity contribution is -0.136. The van der Waals surface area contributed by atoms with Crippen LogP contribution < -0.4 is 53.6 Å². The van der Waals surface area contributed by atoms with Gasteiger partial charge in [-0.3, -0.25) is 38.4 Å². The van der Waals surface area contributed by atoms with E-state index >= 15 is 19.2 Å². The normalized spacial score (nSPS) is 19.1. The fourth-order valence-corrected chi connectivity index (χ4v) is 15.5. The lowest BCUT2D eigenvalue weighted by Gasteiger charge is -2.36. The van der Waals surface area contributed by atoms with Crippen molar-refractivity contribution in [2.75, 3.05) is 23.8 Å². The van der Waals surface area contributed by atoms with Gasteiger partial charge in [0.05, 0.1) is 10.9 Å². The minimum absolute atomic E-state index is 0.0774. The molecule has 1 aliphatic rings. The third-order valence-corrected chi connectivity index (χ3v) is 20.9. The molecule has 28 heteroatoms. The quantitative estimate of drug-likeness (QED) is 0.0167. The van der Waals surface area contributed by atoms with Crippen molar-refractivity contribution in [1.29, 1.82) is 0 Å². The number of nitrogens with one attached hydrogen (secondary N) is 10. The number of aliphatic hydroxyl groups excluding tert-OH is 1. The van der Waals surface area contributed by atoms with Crippen LogP contribution >= 0.6 is 33.3 Å². The average Bonchev–Trinajstić information content (AvgIpc) is 1.45. The molecular formula is C77H93N11O14S3. The Labute approximate surface area is 622 Å². The van der Waals surface area contributed by atoms with Gasteiger partial charge in [0.2, 0.25) is 47.3 Å². The largest absolute Gasteiger partial charge is 0.508 e. The Morgan fingerprint density at radius 2 is 1.10 bits per heavy atom. The number of rotatable bonds is 24. The fourth-order valence-electron chi connectivity index (χ4n) is 11.6. The Bertz CT molecular complexity index is 3990. The monoisotopic (exact) mass is 1490 g/mol. The molecule has 14 N–H and O–H groups in total. The highest BCUT2D eigenvalue weighted by molar-refractivity contribution is 8.76. The van der Waals surface area contributed by atoms with Crippen LogP contribution in [0.1, 0.15) is 101 Å². The van der Waals surface area contributed by atoms with Crippen molar-refractivity contribution < 1.29 is 67.6 Å². The standard InChI is InChI=1S/C77H93N11O14S3/c1-47(89)64-72(98)86-63(71(97)84-61(65(78)91)44-103-77(51-26-14-9-15-27-51,52-28-16-10-17-29-52)53-30-18-11-19-31-53)46-105-104-45-62(85-68(94)59(40-48-24-12-8-13-25-48)87-74(100)102-76(5,6)7)70(96)82-58(41-49-35-37-54(90)38-36-49)67(93)83-60(42-50-43-80-56-33-21-20-32-55(50)56)69(95)81-57(66(92)88-64)34-22-23-39-79-73(99)101-75(2,3)4/h8-21,24-33,35-38,43,47,57-64,80,89-90H,22-23,34,39-42,44-46H2,1-7H3,(H2,78,91)(H,79,99)(H,81,95)(H,82,96)(H,83,93)(H,84,97)(H,85,94)(H,86,98)(H,87,100)(H,88,92)/t47-,57+,58+,59-,60-,61+,62+,63+,64+/m1/s1. The molecule has 8 rings (SSSR count). The number of nitrogens with two attached hydrogens (primary N) is 1. The van der Waals surface area contributed by atoms with Crippen molar-refractivity contribution in [2.45, 2.75) is 157 Å². The number of aliphatic hydroxyl groups is 1. The molecule has 1 aromatic heterocycles. The zero-order valence-electron chi connectivity index (χ0n) is 59.6. The molecule has 2 heterocycles. The lowest BCUT2D eigenvalue weighted by Crippen LogP contribution is -2.62. The summed E-state index contributed by atoms with van der Waals surface area (Å²) >= 11 is 1.33. The van der Waals surface area contributed by atoms with E-state index < -0.39 is 130 Å². The molecule has 0 aliphatic carbocycles.